The second kappa shape index (κ2) is 11.0. The van der Waals surface area contributed by atoms with Crippen molar-refractivity contribution < 1.29 is 22.3 Å². The van der Waals surface area contributed by atoms with Crippen molar-refractivity contribution >= 4 is 29.9 Å². The highest BCUT2D eigenvalue weighted by Gasteiger charge is 2.45. The Kier molecular flexibility index (Phi) is 9.78. The number of rotatable bonds is 9. The zero-order valence-corrected chi connectivity index (χ0v) is 17.6. The van der Waals surface area contributed by atoms with Crippen LogP contribution in [-0.2, 0) is 10.2 Å². The van der Waals surface area contributed by atoms with Gasteiger partial charge in [-0.25, -0.2) is 4.39 Å². The highest BCUT2D eigenvalue weighted by Crippen LogP contribution is 2.49. The van der Waals surface area contributed by atoms with Crippen molar-refractivity contribution in [1.29, 1.82) is 0 Å². The maximum Gasteiger partial charge on any atom is 0.411 e. The Morgan fingerprint density at radius 3 is 2.52 bits per heavy atom. The van der Waals surface area contributed by atoms with Crippen molar-refractivity contribution in [2.24, 2.45) is 4.99 Å². The molecule has 1 fully saturated rings. The van der Waals surface area contributed by atoms with Gasteiger partial charge in [-0.1, -0.05) is 18.2 Å². The minimum absolute atomic E-state index is 0. The van der Waals surface area contributed by atoms with Crippen LogP contribution in [0.5, 0.6) is 0 Å². The summed E-state index contributed by atoms with van der Waals surface area (Å²) in [6.07, 6.45) is -2.09. The first-order valence-corrected chi connectivity index (χ1v) is 8.78. The topological polar surface area (TPSA) is 45.7 Å². The van der Waals surface area contributed by atoms with Gasteiger partial charge in [0, 0.05) is 25.1 Å². The predicted molar refractivity (Wildman–Crippen MR) is 108 cm³/mol. The number of nitrogens with one attached hydrogen (secondary N) is 2. The molecule has 1 aliphatic carbocycles. The standard InChI is InChI=1S/C18H25F4N3O.HI/c1-2-23-16(24-10-5-11-26-13-18(20,21)22)25-12-17(8-9-17)14-6-3-4-7-15(14)19;/h3-4,6-7H,2,5,8-13H2,1H3,(H2,23,24,25);1H. The van der Waals surface area contributed by atoms with Crippen molar-refractivity contribution in [1.82, 2.24) is 10.6 Å². The number of hydrogen-bond donors (Lipinski definition) is 2. The van der Waals surface area contributed by atoms with E-state index in [4.69, 9.17) is 0 Å². The lowest BCUT2D eigenvalue weighted by molar-refractivity contribution is -0.173. The van der Waals surface area contributed by atoms with Crippen molar-refractivity contribution in [3.8, 4) is 0 Å². The number of ether oxygens (including phenoxy) is 1. The Morgan fingerprint density at radius 2 is 1.93 bits per heavy atom. The molecule has 0 aliphatic heterocycles. The summed E-state index contributed by atoms with van der Waals surface area (Å²) in [6.45, 7) is 2.28. The molecule has 0 heterocycles. The number of nitrogens with zero attached hydrogens (tertiary/aromatic N) is 1. The first-order chi connectivity index (χ1) is 12.4. The van der Waals surface area contributed by atoms with Gasteiger partial charge in [0.25, 0.3) is 0 Å². The summed E-state index contributed by atoms with van der Waals surface area (Å²) in [4.78, 5) is 4.53. The van der Waals surface area contributed by atoms with E-state index in [0.29, 0.717) is 37.6 Å². The van der Waals surface area contributed by atoms with Gasteiger partial charge in [-0.2, -0.15) is 13.2 Å². The molecule has 2 N–H and O–H groups in total. The maximum atomic E-state index is 14.0. The van der Waals surface area contributed by atoms with E-state index in [1.165, 1.54) is 6.07 Å². The molecule has 0 atom stereocenters. The Balaban J connectivity index is 0.00000364. The average Bonchev–Trinajstić information content (AvgIpc) is 3.36. The van der Waals surface area contributed by atoms with Crippen LogP contribution in [0.4, 0.5) is 17.6 Å². The summed E-state index contributed by atoms with van der Waals surface area (Å²) < 4.78 is 54.5. The van der Waals surface area contributed by atoms with Crippen LogP contribution in [0.25, 0.3) is 0 Å². The van der Waals surface area contributed by atoms with Crippen LogP contribution >= 0.6 is 24.0 Å². The van der Waals surface area contributed by atoms with Crippen LogP contribution in [0, 0.1) is 5.82 Å². The molecule has 154 valence electrons. The van der Waals surface area contributed by atoms with Crippen LogP contribution in [0.1, 0.15) is 31.7 Å². The smallest absolute Gasteiger partial charge is 0.372 e. The number of hydrogen-bond acceptors (Lipinski definition) is 2. The van der Waals surface area contributed by atoms with Gasteiger partial charge in [-0.15, -0.1) is 24.0 Å². The summed E-state index contributed by atoms with van der Waals surface area (Å²) in [7, 11) is 0. The highest BCUT2D eigenvalue weighted by molar-refractivity contribution is 14.0. The Morgan fingerprint density at radius 1 is 1.22 bits per heavy atom. The van der Waals surface area contributed by atoms with E-state index < -0.39 is 12.8 Å². The number of guanidine groups is 1. The average molecular weight is 503 g/mol. The van der Waals surface area contributed by atoms with Crippen molar-refractivity contribution in [3.63, 3.8) is 0 Å². The van der Waals surface area contributed by atoms with E-state index in [2.05, 4.69) is 20.4 Å². The highest BCUT2D eigenvalue weighted by atomic mass is 127. The molecule has 0 bridgehead atoms. The van der Waals surface area contributed by atoms with Crippen LogP contribution in [0.2, 0.25) is 0 Å². The quantitative estimate of drug-likeness (QED) is 0.176. The van der Waals surface area contributed by atoms with Crippen LogP contribution in [0.15, 0.2) is 29.3 Å². The lowest BCUT2D eigenvalue weighted by Gasteiger charge is -2.16. The third-order valence-corrected chi connectivity index (χ3v) is 4.21. The molecule has 0 saturated heterocycles. The molecule has 0 aromatic heterocycles. The van der Waals surface area contributed by atoms with E-state index in [-0.39, 0.29) is 41.8 Å². The second-order valence-corrected chi connectivity index (χ2v) is 6.40. The SMILES string of the molecule is CCNC(=NCC1(c2ccccc2F)CC1)NCCCOCC(F)(F)F.I. The van der Waals surface area contributed by atoms with Gasteiger partial charge < -0.3 is 15.4 Å². The van der Waals surface area contributed by atoms with Gasteiger partial charge in [0.15, 0.2) is 5.96 Å². The molecule has 0 amide bonds. The minimum atomic E-state index is -4.30. The largest absolute Gasteiger partial charge is 0.411 e. The number of aliphatic imine (C=N–C) groups is 1. The zero-order valence-electron chi connectivity index (χ0n) is 15.2. The van der Waals surface area contributed by atoms with Crippen molar-refractivity contribution in [3.05, 3.63) is 35.6 Å². The van der Waals surface area contributed by atoms with E-state index in [1.807, 2.05) is 13.0 Å². The third kappa shape index (κ3) is 8.20. The molecular formula is C18H26F4IN3O. The zero-order chi connectivity index (χ0) is 19.0. The van der Waals surface area contributed by atoms with Gasteiger partial charge >= 0.3 is 6.18 Å². The molecular weight excluding hydrogens is 477 g/mol. The number of benzene rings is 1. The molecule has 2 rings (SSSR count). The van der Waals surface area contributed by atoms with E-state index in [1.54, 1.807) is 12.1 Å². The monoisotopic (exact) mass is 503 g/mol. The lowest BCUT2D eigenvalue weighted by atomic mass is 9.95. The van der Waals surface area contributed by atoms with Gasteiger partial charge in [-0.05, 0) is 37.8 Å². The van der Waals surface area contributed by atoms with Gasteiger partial charge in [0.1, 0.15) is 12.4 Å². The molecule has 9 heteroatoms. The Hall–Kier alpha value is -1.10. The fourth-order valence-corrected chi connectivity index (χ4v) is 2.70. The van der Waals surface area contributed by atoms with Gasteiger partial charge in [0.05, 0.1) is 6.54 Å². The lowest BCUT2D eigenvalue weighted by Crippen LogP contribution is -2.38. The summed E-state index contributed by atoms with van der Waals surface area (Å²) in [5.41, 5.74) is 0.448. The van der Waals surface area contributed by atoms with E-state index in [9.17, 15) is 17.6 Å². The first-order valence-electron chi connectivity index (χ1n) is 8.78. The fourth-order valence-electron chi connectivity index (χ4n) is 2.70. The maximum absolute atomic E-state index is 14.0. The van der Waals surface area contributed by atoms with Crippen molar-refractivity contribution in [2.45, 2.75) is 37.8 Å². The molecule has 27 heavy (non-hydrogen) atoms. The number of halogens is 5. The predicted octanol–water partition coefficient (Wildman–Crippen LogP) is 4.00. The third-order valence-electron chi connectivity index (χ3n) is 4.21. The summed E-state index contributed by atoms with van der Waals surface area (Å²) in [5.74, 6) is 0.367. The molecule has 1 aliphatic rings. The van der Waals surface area contributed by atoms with Gasteiger partial charge in [0.2, 0.25) is 0 Å². The van der Waals surface area contributed by atoms with Crippen LogP contribution in [-0.4, -0.2) is 45.0 Å². The molecule has 1 saturated carbocycles. The molecule has 1 aromatic rings. The van der Waals surface area contributed by atoms with Crippen LogP contribution < -0.4 is 10.6 Å². The van der Waals surface area contributed by atoms with Gasteiger partial charge in [-0.3, -0.25) is 4.99 Å². The Labute approximate surface area is 174 Å². The van der Waals surface area contributed by atoms with Crippen LogP contribution in [0.3, 0.4) is 0 Å². The summed E-state index contributed by atoms with van der Waals surface area (Å²) in [5, 5.41) is 6.16. The first kappa shape index (κ1) is 23.9. The summed E-state index contributed by atoms with van der Waals surface area (Å²) in [6, 6.07) is 6.76. The van der Waals surface area contributed by atoms with E-state index in [0.717, 1.165) is 12.8 Å². The minimum Gasteiger partial charge on any atom is -0.372 e. The normalized spacial score (nSPS) is 15.8. The molecule has 0 spiro atoms. The second-order valence-electron chi connectivity index (χ2n) is 6.40. The van der Waals surface area contributed by atoms with E-state index >= 15 is 0 Å². The van der Waals surface area contributed by atoms with Crippen molar-refractivity contribution in [2.75, 3.05) is 32.8 Å². The fraction of sp³-hybridized carbons (Fsp3) is 0.611. The molecule has 4 nitrogen and oxygen atoms in total. The Bertz CT molecular complexity index is 607. The number of alkyl halides is 3. The molecule has 1 aromatic carbocycles. The molecule has 0 unspecified atom stereocenters. The summed E-state index contributed by atoms with van der Waals surface area (Å²) >= 11 is 0. The molecule has 0 radical (unpaired) electrons.